The molecule has 152 valence electrons. The highest BCUT2D eigenvalue weighted by Crippen LogP contribution is 2.52. The van der Waals surface area contributed by atoms with Gasteiger partial charge in [0.2, 0.25) is 0 Å². The van der Waals surface area contributed by atoms with Crippen LogP contribution in [0.2, 0.25) is 0 Å². The zero-order chi connectivity index (χ0) is 20.3. The molecule has 3 aliphatic rings. The third-order valence-electron chi connectivity index (χ3n) is 6.13. The Kier molecular flexibility index (Phi) is 4.30. The Morgan fingerprint density at radius 2 is 1.89 bits per heavy atom. The van der Waals surface area contributed by atoms with Crippen LogP contribution in [0.3, 0.4) is 0 Å². The minimum Gasteiger partial charge on any atom is -0.330 e. The van der Waals surface area contributed by atoms with E-state index in [1.165, 1.54) is 16.4 Å². The van der Waals surface area contributed by atoms with Crippen molar-refractivity contribution >= 4 is 15.9 Å². The number of alkyl halides is 3. The van der Waals surface area contributed by atoms with Gasteiger partial charge in [0, 0.05) is 25.3 Å². The minimum absolute atomic E-state index is 0.00567. The molecule has 0 bridgehead atoms. The Hall–Kier alpha value is -2.03. The highest BCUT2D eigenvalue weighted by molar-refractivity contribution is 7.89. The maximum absolute atomic E-state index is 13.1. The lowest BCUT2D eigenvalue weighted by molar-refractivity contribution is -0.186. The van der Waals surface area contributed by atoms with Gasteiger partial charge in [-0.1, -0.05) is 19.1 Å². The molecular formula is C19H21F3N2O3S. The molecule has 5 nitrogen and oxygen atoms in total. The number of benzene rings is 1. The van der Waals surface area contributed by atoms with Crippen molar-refractivity contribution in [1.82, 2.24) is 9.21 Å². The molecule has 9 heteroatoms. The fourth-order valence-electron chi connectivity index (χ4n) is 4.43. The van der Waals surface area contributed by atoms with Crippen molar-refractivity contribution in [2.45, 2.75) is 49.7 Å². The van der Waals surface area contributed by atoms with Crippen LogP contribution in [0.5, 0.6) is 0 Å². The number of rotatable bonds is 2. The SMILES string of the molecule is C=C1CC2(CCC2)CN1S(=O)(=O)c1ccc2c(c1)CN(C(=O)C(F)(F)F)CC2. The molecule has 2 fully saturated rings. The Balaban J connectivity index is 1.60. The zero-order valence-electron chi connectivity index (χ0n) is 15.3. The van der Waals surface area contributed by atoms with E-state index in [0.717, 1.165) is 29.7 Å². The molecule has 0 atom stereocenters. The molecule has 2 aliphatic heterocycles. The maximum atomic E-state index is 13.1. The van der Waals surface area contributed by atoms with Gasteiger partial charge in [-0.15, -0.1) is 0 Å². The second kappa shape index (κ2) is 6.23. The molecule has 2 heterocycles. The fourth-order valence-corrected chi connectivity index (χ4v) is 6.07. The van der Waals surface area contributed by atoms with Gasteiger partial charge in [-0.05, 0) is 54.4 Å². The van der Waals surface area contributed by atoms with E-state index in [1.54, 1.807) is 6.07 Å². The first-order valence-corrected chi connectivity index (χ1v) is 10.6. The number of carbonyl (C=O) groups excluding carboxylic acids is 1. The van der Waals surface area contributed by atoms with Crippen LogP contribution in [-0.4, -0.2) is 42.8 Å². The molecule has 1 aromatic rings. The van der Waals surface area contributed by atoms with E-state index in [-0.39, 0.29) is 29.8 Å². The molecule has 0 radical (unpaired) electrons. The highest BCUT2D eigenvalue weighted by atomic mass is 32.2. The predicted molar refractivity (Wildman–Crippen MR) is 95.6 cm³/mol. The van der Waals surface area contributed by atoms with Crippen LogP contribution in [0.1, 0.15) is 36.8 Å². The molecule has 1 spiro atoms. The first kappa shape index (κ1) is 19.3. The minimum atomic E-state index is -4.94. The van der Waals surface area contributed by atoms with Gasteiger partial charge in [-0.2, -0.15) is 13.2 Å². The van der Waals surface area contributed by atoms with Crippen LogP contribution in [0, 0.1) is 5.41 Å². The van der Waals surface area contributed by atoms with E-state index < -0.39 is 22.1 Å². The van der Waals surface area contributed by atoms with Crippen LogP contribution < -0.4 is 0 Å². The number of hydrogen-bond donors (Lipinski definition) is 0. The number of sulfonamides is 1. The molecule has 0 unspecified atom stereocenters. The van der Waals surface area contributed by atoms with Crippen LogP contribution in [0.15, 0.2) is 35.4 Å². The van der Waals surface area contributed by atoms with Crippen molar-refractivity contribution in [1.29, 1.82) is 0 Å². The number of amides is 1. The second-order valence-corrected chi connectivity index (χ2v) is 9.88. The molecule has 1 saturated heterocycles. The Bertz CT molecular complexity index is 952. The van der Waals surface area contributed by atoms with Crippen molar-refractivity contribution in [3.63, 3.8) is 0 Å². The molecule has 1 amide bonds. The molecule has 1 aliphatic carbocycles. The average molecular weight is 414 g/mol. The van der Waals surface area contributed by atoms with E-state index in [1.807, 2.05) is 0 Å². The first-order chi connectivity index (χ1) is 13.0. The van der Waals surface area contributed by atoms with Gasteiger partial charge in [-0.3, -0.25) is 9.10 Å². The summed E-state index contributed by atoms with van der Waals surface area (Å²) in [6.07, 6.45) is -0.968. The normalized spacial score (nSPS) is 21.6. The summed E-state index contributed by atoms with van der Waals surface area (Å²) in [7, 11) is -3.83. The third-order valence-corrected chi connectivity index (χ3v) is 7.95. The van der Waals surface area contributed by atoms with Crippen molar-refractivity contribution < 1.29 is 26.4 Å². The maximum Gasteiger partial charge on any atom is 0.471 e. The summed E-state index contributed by atoms with van der Waals surface area (Å²) in [5.74, 6) is -1.90. The van der Waals surface area contributed by atoms with Gasteiger partial charge in [0.05, 0.1) is 4.90 Å². The Labute approximate surface area is 161 Å². The lowest BCUT2D eigenvalue weighted by atomic mass is 9.68. The fraction of sp³-hybridized carbons (Fsp3) is 0.526. The van der Waals surface area contributed by atoms with Crippen molar-refractivity contribution in [2.75, 3.05) is 13.1 Å². The van der Waals surface area contributed by atoms with Crippen molar-refractivity contribution in [3.05, 3.63) is 41.6 Å². The number of hydrogen-bond acceptors (Lipinski definition) is 3. The van der Waals surface area contributed by atoms with E-state index in [4.69, 9.17) is 0 Å². The van der Waals surface area contributed by atoms with E-state index in [2.05, 4.69) is 6.58 Å². The molecule has 28 heavy (non-hydrogen) atoms. The second-order valence-electron chi connectivity index (χ2n) is 8.01. The van der Waals surface area contributed by atoms with E-state index in [9.17, 15) is 26.4 Å². The number of fused-ring (bicyclic) bond motifs is 1. The number of halogens is 3. The standard InChI is InChI=1S/C19H21F3N2O3S/c1-13-10-18(6-2-7-18)12-24(13)28(26,27)16-4-3-14-5-8-23(11-15(14)9-16)17(25)19(20,21)22/h3-4,9H,1-2,5-8,10-12H2. The average Bonchev–Trinajstić information content (AvgIpc) is 2.98. The lowest BCUT2D eigenvalue weighted by Crippen LogP contribution is -2.43. The number of allylic oxidation sites excluding steroid dienone is 1. The summed E-state index contributed by atoms with van der Waals surface area (Å²) in [6, 6.07) is 4.53. The highest BCUT2D eigenvalue weighted by Gasteiger charge is 2.48. The first-order valence-electron chi connectivity index (χ1n) is 9.20. The summed E-state index contributed by atoms with van der Waals surface area (Å²) in [5, 5.41) is 0. The smallest absolute Gasteiger partial charge is 0.330 e. The van der Waals surface area contributed by atoms with Gasteiger partial charge < -0.3 is 4.90 Å². The summed E-state index contributed by atoms with van der Waals surface area (Å²) < 4.78 is 65.8. The molecule has 1 saturated carbocycles. The van der Waals surface area contributed by atoms with Gasteiger partial charge in [0.1, 0.15) is 0 Å². The summed E-state index contributed by atoms with van der Waals surface area (Å²) in [4.78, 5) is 12.3. The van der Waals surface area contributed by atoms with Gasteiger partial charge in [0.25, 0.3) is 10.0 Å². The molecular weight excluding hydrogens is 393 g/mol. The van der Waals surface area contributed by atoms with Crippen molar-refractivity contribution in [2.24, 2.45) is 5.41 Å². The summed E-state index contributed by atoms with van der Waals surface area (Å²) in [5.41, 5.74) is 1.76. The van der Waals surface area contributed by atoms with Gasteiger partial charge in [0.15, 0.2) is 0 Å². The van der Waals surface area contributed by atoms with Gasteiger partial charge in [-0.25, -0.2) is 8.42 Å². The van der Waals surface area contributed by atoms with E-state index in [0.29, 0.717) is 24.2 Å². The monoisotopic (exact) mass is 414 g/mol. The number of nitrogens with zero attached hydrogens (tertiary/aromatic N) is 2. The molecule has 1 aromatic carbocycles. The van der Waals surface area contributed by atoms with Crippen LogP contribution >= 0.6 is 0 Å². The Morgan fingerprint density at radius 1 is 1.18 bits per heavy atom. The van der Waals surface area contributed by atoms with Gasteiger partial charge >= 0.3 is 12.1 Å². The topological polar surface area (TPSA) is 57.7 Å². The quantitative estimate of drug-likeness (QED) is 0.747. The van der Waals surface area contributed by atoms with E-state index >= 15 is 0 Å². The molecule has 0 aromatic heterocycles. The molecule has 4 rings (SSSR count). The third kappa shape index (κ3) is 3.09. The van der Waals surface area contributed by atoms with Crippen LogP contribution in [-0.2, 0) is 27.8 Å². The van der Waals surface area contributed by atoms with Crippen LogP contribution in [0.25, 0.3) is 0 Å². The summed E-state index contributed by atoms with van der Waals surface area (Å²) >= 11 is 0. The predicted octanol–water partition coefficient (Wildman–Crippen LogP) is 3.21. The lowest BCUT2D eigenvalue weighted by Gasteiger charge is -2.37. The largest absolute Gasteiger partial charge is 0.471 e. The Morgan fingerprint density at radius 3 is 2.46 bits per heavy atom. The van der Waals surface area contributed by atoms with Crippen molar-refractivity contribution in [3.8, 4) is 0 Å². The van der Waals surface area contributed by atoms with Crippen LogP contribution in [0.4, 0.5) is 13.2 Å². The molecule has 0 N–H and O–H groups in total. The summed E-state index contributed by atoms with van der Waals surface area (Å²) in [6.45, 7) is 4.04. The zero-order valence-corrected chi connectivity index (χ0v) is 16.1. The number of carbonyl (C=O) groups is 1.